The van der Waals surface area contributed by atoms with Crippen LogP contribution in [0.25, 0.3) is 10.2 Å². The molecular weight excluding hydrogens is 458 g/mol. The summed E-state index contributed by atoms with van der Waals surface area (Å²) in [7, 11) is -3.29. The number of hydrogen-bond donors (Lipinski definition) is 1. The summed E-state index contributed by atoms with van der Waals surface area (Å²) in [5.41, 5.74) is 2.57. The van der Waals surface area contributed by atoms with E-state index in [0.717, 1.165) is 48.1 Å². The second-order valence-corrected chi connectivity index (χ2v) is 12.0. The SMILES string of the molecule is CS(=O)(=O)c1ccc2nc(NC(=O)C3CCC(CN4Cc5ccccc5C4=O)CC3)sc2c1. The van der Waals surface area contributed by atoms with E-state index in [9.17, 15) is 18.0 Å². The molecule has 1 saturated carbocycles. The van der Waals surface area contributed by atoms with Gasteiger partial charge < -0.3 is 10.2 Å². The zero-order valence-electron chi connectivity index (χ0n) is 18.3. The lowest BCUT2D eigenvalue weighted by Gasteiger charge is -2.30. The minimum absolute atomic E-state index is 0.0412. The Bertz CT molecular complexity index is 1340. The van der Waals surface area contributed by atoms with E-state index in [1.807, 2.05) is 29.2 Å². The van der Waals surface area contributed by atoms with Gasteiger partial charge in [-0.2, -0.15) is 0 Å². The molecule has 5 rings (SSSR count). The highest BCUT2D eigenvalue weighted by atomic mass is 32.2. The summed E-state index contributed by atoms with van der Waals surface area (Å²) in [6, 6.07) is 12.6. The molecule has 1 aliphatic heterocycles. The van der Waals surface area contributed by atoms with Gasteiger partial charge in [0.2, 0.25) is 5.91 Å². The van der Waals surface area contributed by atoms with Crippen LogP contribution in [0.5, 0.6) is 0 Å². The van der Waals surface area contributed by atoms with Crippen LogP contribution in [0, 0.1) is 11.8 Å². The van der Waals surface area contributed by atoms with Gasteiger partial charge in [-0.3, -0.25) is 9.59 Å². The van der Waals surface area contributed by atoms with Gasteiger partial charge in [0.25, 0.3) is 5.91 Å². The Morgan fingerprint density at radius 1 is 1.15 bits per heavy atom. The highest BCUT2D eigenvalue weighted by Crippen LogP contribution is 2.34. The molecule has 0 bridgehead atoms. The fourth-order valence-electron chi connectivity index (χ4n) is 4.78. The lowest BCUT2D eigenvalue weighted by Crippen LogP contribution is -2.34. The largest absolute Gasteiger partial charge is 0.334 e. The molecule has 0 atom stereocenters. The maximum absolute atomic E-state index is 12.8. The van der Waals surface area contributed by atoms with Crippen LogP contribution in [0.3, 0.4) is 0 Å². The molecule has 0 unspecified atom stereocenters. The van der Waals surface area contributed by atoms with Crippen molar-refractivity contribution >= 4 is 48.3 Å². The first-order valence-electron chi connectivity index (χ1n) is 11.1. The van der Waals surface area contributed by atoms with Crippen LogP contribution < -0.4 is 5.32 Å². The van der Waals surface area contributed by atoms with Crippen LogP contribution in [0.15, 0.2) is 47.4 Å². The van der Waals surface area contributed by atoms with Crippen molar-refractivity contribution in [1.82, 2.24) is 9.88 Å². The Morgan fingerprint density at radius 2 is 1.91 bits per heavy atom. The summed E-state index contributed by atoms with van der Waals surface area (Å²) in [5, 5.41) is 3.41. The molecule has 2 aliphatic rings. The smallest absolute Gasteiger partial charge is 0.254 e. The summed E-state index contributed by atoms with van der Waals surface area (Å²) in [4.78, 5) is 32.0. The number of carbonyl (C=O) groups is 2. The van der Waals surface area contributed by atoms with Gasteiger partial charge in [-0.1, -0.05) is 29.5 Å². The first-order valence-corrected chi connectivity index (χ1v) is 13.8. The fraction of sp³-hybridized carbons (Fsp3) is 0.375. The molecule has 1 aliphatic carbocycles. The maximum atomic E-state index is 12.8. The molecule has 0 saturated heterocycles. The van der Waals surface area contributed by atoms with Crippen LogP contribution in [-0.2, 0) is 21.2 Å². The van der Waals surface area contributed by atoms with Gasteiger partial charge in [0.15, 0.2) is 15.0 Å². The number of nitrogens with one attached hydrogen (secondary N) is 1. The van der Waals surface area contributed by atoms with E-state index >= 15 is 0 Å². The highest BCUT2D eigenvalue weighted by molar-refractivity contribution is 7.90. The van der Waals surface area contributed by atoms with Crippen molar-refractivity contribution in [2.75, 3.05) is 18.1 Å². The van der Waals surface area contributed by atoms with Crippen molar-refractivity contribution in [3.8, 4) is 0 Å². The van der Waals surface area contributed by atoms with Crippen LogP contribution in [0.4, 0.5) is 5.13 Å². The molecule has 2 aromatic carbocycles. The van der Waals surface area contributed by atoms with Crippen LogP contribution in [0.1, 0.15) is 41.6 Å². The zero-order chi connectivity index (χ0) is 23.2. The number of aromatic nitrogens is 1. The third kappa shape index (κ3) is 4.52. The first kappa shape index (κ1) is 22.0. The normalized spacial score (nSPS) is 20.8. The number of rotatable bonds is 5. The summed E-state index contributed by atoms with van der Waals surface area (Å²) in [6.45, 7) is 1.41. The molecule has 3 aromatic rings. The van der Waals surface area contributed by atoms with Gasteiger partial charge in [0.1, 0.15) is 0 Å². The molecule has 1 aromatic heterocycles. The van der Waals surface area contributed by atoms with Gasteiger partial charge in [-0.15, -0.1) is 0 Å². The predicted molar refractivity (Wildman–Crippen MR) is 128 cm³/mol. The lowest BCUT2D eigenvalue weighted by atomic mass is 9.81. The quantitative estimate of drug-likeness (QED) is 0.589. The fourth-order valence-corrected chi connectivity index (χ4v) is 6.41. The number of carbonyl (C=O) groups excluding carboxylic acids is 2. The van der Waals surface area contributed by atoms with Gasteiger partial charge >= 0.3 is 0 Å². The lowest BCUT2D eigenvalue weighted by molar-refractivity contribution is -0.121. The number of thiazole rings is 1. The Hall–Kier alpha value is -2.78. The van der Waals surface area contributed by atoms with Crippen molar-refractivity contribution in [2.24, 2.45) is 11.8 Å². The zero-order valence-corrected chi connectivity index (χ0v) is 19.9. The Morgan fingerprint density at radius 3 is 2.64 bits per heavy atom. The van der Waals surface area contributed by atoms with E-state index in [4.69, 9.17) is 0 Å². The molecule has 0 spiro atoms. The van der Waals surface area contributed by atoms with Gasteiger partial charge in [-0.05, 0) is 61.4 Å². The summed E-state index contributed by atoms with van der Waals surface area (Å²) in [5.74, 6) is 0.399. The number of amides is 2. The topological polar surface area (TPSA) is 96.4 Å². The molecule has 7 nitrogen and oxygen atoms in total. The Kier molecular flexibility index (Phi) is 5.70. The number of nitrogens with zero attached hydrogens (tertiary/aromatic N) is 2. The monoisotopic (exact) mass is 483 g/mol. The summed E-state index contributed by atoms with van der Waals surface area (Å²) >= 11 is 1.28. The van der Waals surface area contributed by atoms with E-state index in [-0.39, 0.29) is 22.6 Å². The van der Waals surface area contributed by atoms with E-state index < -0.39 is 9.84 Å². The molecule has 2 amide bonds. The second kappa shape index (κ2) is 8.53. The maximum Gasteiger partial charge on any atom is 0.254 e. The van der Waals surface area contributed by atoms with Crippen molar-refractivity contribution in [2.45, 2.75) is 37.1 Å². The molecule has 172 valence electrons. The van der Waals surface area contributed by atoms with Crippen molar-refractivity contribution in [3.63, 3.8) is 0 Å². The molecule has 1 fully saturated rings. The standard InChI is InChI=1S/C24H25N3O4S2/c1-33(30,31)18-10-11-20-21(12-18)32-24(25-20)26-22(28)16-8-6-15(7-9-16)13-27-14-17-4-2-3-5-19(17)23(27)29/h2-5,10-12,15-16H,6-9,13-14H2,1H3,(H,25,26,28). The van der Waals surface area contributed by atoms with Gasteiger partial charge in [-0.25, -0.2) is 13.4 Å². The summed E-state index contributed by atoms with van der Waals surface area (Å²) in [6.07, 6.45) is 4.57. The van der Waals surface area contributed by atoms with Crippen molar-refractivity contribution in [3.05, 3.63) is 53.6 Å². The van der Waals surface area contributed by atoms with E-state index in [1.54, 1.807) is 12.1 Å². The summed E-state index contributed by atoms with van der Waals surface area (Å²) < 4.78 is 24.3. The molecule has 9 heteroatoms. The molecule has 0 radical (unpaired) electrons. The van der Waals surface area contributed by atoms with Gasteiger partial charge in [0.05, 0.1) is 15.1 Å². The number of benzene rings is 2. The molecular formula is C24H25N3O4S2. The first-order chi connectivity index (χ1) is 15.8. The van der Waals surface area contributed by atoms with Crippen molar-refractivity contribution < 1.29 is 18.0 Å². The number of hydrogen-bond acceptors (Lipinski definition) is 6. The Labute approximate surface area is 196 Å². The third-order valence-electron chi connectivity index (χ3n) is 6.61. The highest BCUT2D eigenvalue weighted by Gasteiger charge is 2.32. The van der Waals surface area contributed by atoms with E-state index in [2.05, 4.69) is 10.3 Å². The number of sulfone groups is 1. The molecule has 33 heavy (non-hydrogen) atoms. The van der Waals surface area contributed by atoms with Crippen LogP contribution >= 0.6 is 11.3 Å². The van der Waals surface area contributed by atoms with E-state index in [1.165, 1.54) is 23.7 Å². The van der Waals surface area contributed by atoms with Crippen LogP contribution in [0.2, 0.25) is 0 Å². The van der Waals surface area contributed by atoms with Gasteiger partial charge in [0, 0.05) is 30.8 Å². The minimum Gasteiger partial charge on any atom is -0.334 e. The average Bonchev–Trinajstić information content (AvgIpc) is 3.33. The van der Waals surface area contributed by atoms with Crippen molar-refractivity contribution in [1.29, 1.82) is 0 Å². The minimum atomic E-state index is -3.29. The second-order valence-electron chi connectivity index (χ2n) is 8.97. The number of anilines is 1. The molecule has 2 heterocycles. The Balaban J connectivity index is 1.16. The predicted octanol–water partition coefficient (Wildman–Crippen LogP) is 4.10. The average molecular weight is 484 g/mol. The molecule has 1 N–H and O–H groups in total. The third-order valence-corrected chi connectivity index (χ3v) is 8.65. The number of fused-ring (bicyclic) bond motifs is 2. The van der Waals surface area contributed by atoms with E-state index in [0.29, 0.717) is 23.1 Å². The van der Waals surface area contributed by atoms with Crippen LogP contribution in [-0.4, -0.2) is 42.9 Å².